The average molecular weight is 328 g/mol. The van der Waals surface area contributed by atoms with Crippen LogP contribution in [0, 0.1) is 11.8 Å². The molecule has 0 aliphatic carbocycles. The Bertz CT molecular complexity index is 457. The first-order valence-electron chi connectivity index (χ1n) is 7.85. The van der Waals surface area contributed by atoms with Gasteiger partial charge in [0.2, 0.25) is 11.8 Å². The average Bonchev–Trinajstić information content (AvgIpc) is 3.02. The van der Waals surface area contributed by atoms with Gasteiger partial charge in [0.25, 0.3) is 0 Å². The SMILES string of the molecule is CCC(C)C(=O)N1CSCC1C(=O)N1CCCC(C(=O)O)C1. The van der Waals surface area contributed by atoms with E-state index < -0.39 is 17.9 Å². The summed E-state index contributed by atoms with van der Waals surface area (Å²) in [6.45, 7) is 4.70. The molecule has 2 aliphatic heterocycles. The van der Waals surface area contributed by atoms with Gasteiger partial charge in [0.05, 0.1) is 11.8 Å². The van der Waals surface area contributed by atoms with Crippen LogP contribution in [-0.4, -0.2) is 63.5 Å². The number of aliphatic carboxylic acids is 1. The Kier molecular flexibility index (Phi) is 5.72. The Hall–Kier alpha value is -1.24. The molecule has 2 rings (SSSR count). The van der Waals surface area contributed by atoms with E-state index in [1.807, 2.05) is 13.8 Å². The minimum absolute atomic E-state index is 0.0256. The third-order valence-electron chi connectivity index (χ3n) is 4.57. The van der Waals surface area contributed by atoms with Gasteiger partial charge >= 0.3 is 5.97 Å². The first-order valence-corrected chi connectivity index (χ1v) is 9.01. The van der Waals surface area contributed by atoms with Crippen LogP contribution in [0.2, 0.25) is 0 Å². The fourth-order valence-corrected chi connectivity index (χ4v) is 4.07. The van der Waals surface area contributed by atoms with Gasteiger partial charge in [-0.25, -0.2) is 0 Å². The maximum atomic E-state index is 12.7. The summed E-state index contributed by atoms with van der Waals surface area (Å²) in [5, 5.41) is 9.14. The maximum Gasteiger partial charge on any atom is 0.308 e. The standard InChI is InChI=1S/C15H24N2O4S/c1-3-10(2)13(18)17-9-22-8-12(17)14(19)16-6-4-5-11(7-16)15(20)21/h10-12H,3-9H2,1-2H3,(H,20,21). The molecule has 0 aromatic rings. The molecule has 0 aromatic carbocycles. The molecule has 2 saturated heterocycles. The molecule has 2 heterocycles. The van der Waals surface area contributed by atoms with Gasteiger partial charge in [-0.1, -0.05) is 13.8 Å². The number of carboxylic acids is 1. The minimum atomic E-state index is -0.842. The molecule has 124 valence electrons. The van der Waals surface area contributed by atoms with Crippen LogP contribution >= 0.6 is 11.8 Å². The number of amides is 2. The number of rotatable bonds is 4. The molecule has 0 bridgehead atoms. The zero-order valence-electron chi connectivity index (χ0n) is 13.2. The number of likely N-dealkylation sites (tertiary alicyclic amines) is 1. The second-order valence-corrected chi connectivity index (χ2v) is 7.09. The Balaban J connectivity index is 2.04. The van der Waals surface area contributed by atoms with E-state index in [0.29, 0.717) is 31.0 Å². The van der Waals surface area contributed by atoms with E-state index in [9.17, 15) is 14.4 Å². The fraction of sp³-hybridized carbons (Fsp3) is 0.800. The van der Waals surface area contributed by atoms with Crippen LogP contribution in [0.1, 0.15) is 33.1 Å². The van der Waals surface area contributed by atoms with Crippen molar-refractivity contribution in [3.8, 4) is 0 Å². The molecule has 0 spiro atoms. The van der Waals surface area contributed by atoms with Crippen molar-refractivity contribution in [1.82, 2.24) is 9.80 Å². The largest absolute Gasteiger partial charge is 0.481 e. The molecular formula is C15H24N2O4S. The summed E-state index contributed by atoms with van der Waals surface area (Å²) in [7, 11) is 0. The third-order valence-corrected chi connectivity index (χ3v) is 5.58. The molecular weight excluding hydrogens is 304 g/mol. The van der Waals surface area contributed by atoms with Gasteiger partial charge in [0.1, 0.15) is 6.04 Å². The molecule has 1 N–H and O–H groups in total. The number of hydrogen-bond acceptors (Lipinski definition) is 4. The quantitative estimate of drug-likeness (QED) is 0.840. The first kappa shape index (κ1) is 17.1. The zero-order chi connectivity index (χ0) is 16.3. The van der Waals surface area contributed by atoms with Crippen molar-refractivity contribution in [1.29, 1.82) is 0 Å². The first-order chi connectivity index (χ1) is 10.5. The van der Waals surface area contributed by atoms with Crippen molar-refractivity contribution in [2.45, 2.75) is 39.2 Å². The second-order valence-electron chi connectivity index (χ2n) is 6.09. The van der Waals surface area contributed by atoms with Crippen molar-refractivity contribution in [3.63, 3.8) is 0 Å². The molecule has 6 nitrogen and oxygen atoms in total. The highest BCUT2D eigenvalue weighted by molar-refractivity contribution is 7.99. The summed E-state index contributed by atoms with van der Waals surface area (Å²) < 4.78 is 0. The van der Waals surface area contributed by atoms with Crippen LogP contribution in [0.5, 0.6) is 0 Å². The Morgan fingerprint density at radius 1 is 1.36 bits per heavy atom. The lowest BCUT2D eigenvalue weighted by atomic mass is 9.97. The van der Waals surface area contributed by atoms with E-state index >= 15 is 0 Å². The monoisotopic (exact) mass is 328 g/mol. The van der Waals surface area contributed by atoms with Crippen LogP contribution in [0.3, 0.4) is 0 Å². The van der Waals surface area contributed by atoms with Gasteiger partial charge in [-0.15, -0.1) is 11.8 Å². The van der Waals surface area contributed by atoms with E-state index in [4.69, 9.17) is 5.11 Å². The lowest BCUT2D eigenvalue weighted by Crippen LogP contribution is -2.53. The van der Waals surface area contributed by atoms with Crippen LogP contribution in [0.25, 0.3) is 0 Å². The van der Waals surface area contributed by atoms with Crippen molar-refractivity contribution >= 4 is 29.5 Å². The molecule has 0 aromatic heterocycles. The molecule has 22 heavy (non-hydrogen) atoms. The molecule has 2 amide bonds. The Labute approximate surface area is 135 Å². The number of thioether (sulfide) groups is 1. The predicted octanol–water partition coefficient (Wildman–Crippen LogP) is 1.26. The topological polar surface area (TPSA) is 77.9 Å². The second kappa shape index (κ2) is 7.35. The molecule has 0 saturated carbocycles. The summed E-state index contributed by atoms with van der Waals surface area (Å²) in [5.74, 6) is -0.311. The molecule has 3 unspecified atom stereocenters. The summed E-state index contributed by atoms with van der Waals surface area (Å²) >= 11 is 1.59. The molecule has 2 fully saturated rings. The van der Waals surface area contributed by atoms with E-state index in [-0.39, 0.29) is 24.3 Å². The molecule has 7 heteroatoms. The molecule has 0 radical (unpaired) electrons. The van der Waals surface area contributed by atoms with Gasteiger partial charge in [-0.3, -0.25) is 14.4 Å². The number of nitrogens with zero attached hydrogens (tertiary/aromatic N) is 2. The number of carbonyl (C=O) groups excluding carboxylic acids is 2. The highest BCUT2D eigenvalue weighted by Gasteiger charge is 2.39. The predicted molar refractivity (Wildman–Crippen MR) is 84.4 cm³/mol. The van der Waals surface area contributed by atoms with Crippen molar-refractivity contribution in [2.24, 2.45) is 11.8 Å². The number of piperidine rings is 1. The van der Waals surface area contributed by atoms with Crippen LogP contribution < -0.4 is 0 Å². The van der Waals surface area contributed by atoms with Gasteiger partial charge in [0, 0.05) is 24.8 Å². The normalized spacial score (nSPS) is 26.8. The lowest BCUT2D eigenvalue weighted by Gasteiger charge is -2.35. The van der Waals surface area contributed by atoms with E-state index in [0.717, 1.165) is 6.42 Å². The summed E-state index contributed by atoms with van der Waals surface area (Å²) in [5.41, 5.74) is 0. The lowest BCUT2D eigenvalue weighted by molar-refractivity contribution is -0.150. The van der Waals surface area contributed by atoms with Crippen LogP contribution in [0.4, 0.5) is 0 Å². The highest BCUT2D eigenvalue weighted by atomic mass is 32.2. The summed E-state index contributed by atoms with van der Waals surface area (Å²) in [4.78, 5) is 39.6. The Morgan fingerprint density at radius 3 is 2.73 bits per heavy atom. The van der Waals surface area contributed by atoms with Gasteiger partial charge in [0.15, 0.2) is 0 Å². The fourth-order valence-electron chi connectivity index (χ4n) is 2.91. The van der Waals surface area contributed by atoms with Gasteiger partial charge in [-0.05, 0) is 19.3 Å². The maximum absolute atomic E-state index is 12.7. The van der Waals surface area contributed by atoms with E-state index in [2.05, 4.69) is 0 Å². The van der Waals surface area contributed by atoms with Gasteiger partial charge < -0.3 is 14.9 Å². The van der Waals surface area contributed by atoms with Crippen LogP contribution in [-0.2, 0) is 14.4 Å². The van der Waals surface area contributed by atoms with Crippen molar-refractivity contribution in [2.75, 3.05) is 24.7 Å². The highest BCUT2D eigenvalue weighted by Crippen LogP contribution is 2.27. The minimum Gasteiger partial charge on any atom is -0.481 e. The number of carboxylic acid groups (broad SMARTS) is 1. The molecule has 3 atom stereocenters. The third kappa shape index (κ3) is 3.56. The summed E-state index contributed by atoms with van der Waals surface area (Å²) in [6.07, 6.45) is 2.08. The summed E-state index contributed by atoms with van der Waals surface area (Å²) in [6, 6.07) is -0.431. The smallest absolute Gasteiger partial charge is 0.308 e. The van der Waals surface area contributed by atoms with E-state index in [1.54, 1.807) is 21.6 Å². The number of carbonyl (C=O) groups is 3. The number of hydrogen-bond donors (Lipinski definition) is 1. The molecule has 2 aliphatic rings. The zero-order valence-corrected chi connectivity index (χ0v) is 14.0. The van der Waals surface area contributed by atoms with Crippen LogP contribution in [0.15, 0.2) is 0 Å². The van der Waals surface area contributed by atoms with Crippen molar-refractivity contribution in [3.05, 3.63) is 0 Å². The Morgan fingerprint density at radius 2 is 2.09 bits per heavy atom. The van der Waals surface area contributed by atoms with Crippen molar-refractivity contribution < 1.29 is 19.5 Å². The van der Waals surface area contributed by atoms with E-state index in [1.165, 1.54) is 0 Å². The van der Waals surface area contributed by atoms with Gasteiger partial charge in [-0.2, -0.15) is 0 Å².